The molecule has 6 heteroatoms. The molecule has 0 aliphatic carbocycles. The van der Waals surface area contributed by atoms with Gasteiger partial charge in [0.25, 0.3) is 5.91 Å². The van der Waals surface area contributed by atoms with Crippen LogP contribution in [0.15, 0.2) is 60.7 Å². The molecule has 0 saturated carbocycles. The van der Waals surface area contributed by atoms with E-state index in [2.05, 4.69) is 0 Å². The molecule has 3 aromatic rings. The number of anilines is 2. The highest BCUT2D eigenvalue weighted by molar-refractivity contribution is 6.40. The fourth-order valence-corrected chi connectivity index (χ4v) is 3.88. The smallest absolute Gasteiger partial charge is 0.335 e. The summed E-state index contributed by atoms with van der Waals surface area (Å²) in [5.74, 6) is -0.690. The Labute approximate surface area is 178 Å². The van der Waals surface area contributed by atoms with Gasteiger partial charge >= 0.3 is 5.97 Å². The third-order valence-electron chi connectivity index (χ3n) is 5.10. The van der Waals surface area contributed by atoms with Gasteiger partial charge in [-0.05, 0) is 66.6 Å². The minimum atomic E-state index is -1.02. The van der Waals surface area contributed by atoms with E-state index in [1.165, 1.54) is 12.1 Å². The van der Waals surface area contributed by atoms with E-state index in [-0.39, 0.29) is 11.5 Å². The number of hydrogen-bond acceptors (Lipinski definition) is 3. The third-order valence-corrected chi connectivity index (χ3v) is 5.43. The van der Waals surface area contributed by atoms with Crippen molar-refractivity contribution in [2.75, 3.05) is 12.0 Å². The van der Waals surface area contributed by atoms with Gasteiger partial charge < -0.3 is 9.84 Å². The molecular weight excluding hydrogens is 402 g/mol. The predicted molar refractivity (Wildman–Crippen MR) is 118 cm³/mol. The molecule has 0 atom stereocenters. The summed E-state index contributed by atoms with van der Waals surface area (Å²) in [5, 5.41) is 9.71. The van der Waals surface area contributed by atoms with E-state index >= 15 is 0 Å². The lowest BCUT2D eigenvalue weighted by Crippen LogP contribution is -2.20. The molecule has 0 spiro atoms. The number of hydrogen-bond donors (Lipinski definition) is 1. The quantitative estimate of drug-likeness (QED) is 0.561. The predicted octanol–water partition coefficient (Wildman–Crippen LogP) is 5.57. The Kier molecular flexibility index (Phi) is 5.06. The van der Waals surface area contributed by atoms with E-state index in [4.69, 9.17) is 21.4 Å². The lowest BCUT2D eigenvalue weighted by molar-refractivity contribution is -0.112. The van der Waals surface area contributed by atoms with Crippen molar-refractivity contribution in [3.8, 4) is 5.75 Å². The topological polar surface area (TPSA) is 66.8 Å². The van der Waals surface area contributed by atoms with Crippen LogP contribution in [0.4, 0.5) is 11.4 Å². The van der Waals surface area contributed by atoms with Gasteiger partial charge in [-0.15, -0.1) is 0 Å². The zero-order valence-corrected chi connectivity index (χ0v) is 17.1. The van der Waals surface area contributed by atoms with Gasteiger partial charge in [0.05, 0.1) is 29.5 Å². The SMILES string of the molecule is COc1cccc2c1C(=Cc1c(C)cccc1Cl)C(=O)N2c1ccc(C(=O)O)cc1. The summed E-state index contributed by atoms with van der Waals surface area (Å²) < 4.78 is 5.54. The van der Waals surface area contributed by atoms with Gasteiger partial charge in [0.2, 0.25) is 0 Å². The van der Waals surface area contributed by atoms with Gasteiger partial charge in [-0.25, -0.2) is 4.79 Å². The van der Waals surface area contributed by atoms with E-state index < -0.39 is 5.97 Å². The van der Waals surface area contributed by atoms with Crippen LogP contribution in [0.1, 0.15) is 27.0 Å². The second kappa shape index (κ2) is 7.69. The van der Waals surface area contributed by atoms with Crippen molar-refractivity contribution in [3.05, 3.63) is 87.9 Å². The number of amides is 1. The highest BCUT2D eigenvalue weighted by Gasteiger charge is 2.36. The fourth-order valence-electron chi connectivity index (χ4n) is 3.60. The summed E-state index contributed by atoms with van der Waals surface area (Å²) in [4.78, 5) is 26.3. The number of fused-ring (bicyclic) bond motifs is 1. The number of aryl methyl sites for hydroxylation is 1. The summed E-state index contributed by atoms with van der Waals surface area (Å²) in [6, 6.07) is 17.2. The number of benzene rings is 3. The number of carbonyl (C=O) groups excluding carboxylic acids is 1. The minimum absolute atomic E-state index is 0.152. The molecule has 0 unspecified atom stereocenters. The Hall–Kier alpha value is -3.57. The van der Waals surface area contributed by atoms with Crippen molar-refractivity contribution >= 4 is 46.5 Å². The highest BCUT2D eigenvalue weighted by atomic mass is 35.5. The number of rotatable bonds is 4. The first-order chi connectivity index (χ1) is 14.4. The van der Waals surface area contributed by atoms with E-state index in [0.717, 1.165) is 11.1 Å². The van der Waals surface area contributed by atoms with Crippen LogP contribution >= 0.6 is 11.6 Å². The van der Waals surface area contributed by atoms with Crippen molar-refractivity contribution < 1.29 is 19.4 Å². The van der Waals surface area contributed by atoms with Crippen molar-refractivity contribution in [1.82, 2.24) is 0 Å². The summed E-state index contributed by atoms with van der Waals surface area (Å²) in [6.45, 7) is 1.93. The standard InChI is InChI=1S/C24H18ClNO4/c1-14-5-3-6-19(25)17(14)13-18-22-20(7-4-8-21(22)30-2)26(23(18)27)16-11-9-15(10-12-16)24(28)29/h3-13H,1-2H3,(H,28,29). The summed E-state index contributed by atoms with van der Waals surface area (Å²) in [6.07, 6.45) is 1.78. The van der Waals surface area contributed by atoms with Crippen molar-refractivity contribution in [2.45, 2.75) is 6.92 Å². The van der Waals surface area contributed by atoms with Gasteiger partial charge in [0, 0.05) is 10.7 Å². The lowest BCUT2D eigenvalue weighted by Gasteiger charge is -2.17. The first-order valence-corrected chi connectivity index (χ1v) is 9.62. The highest BCUT2D eigenvalue weighted by Crippen LogP contribution is 2.47. The van der Waals surface area contributed by atoms with Gasteiger partial charge in [-0.3, -0.25) is 9.69 Å². The average Bonchev–Trinajstić information content (AvgIpc) is 3.02. The molecular formula is C24H18ClNO4. The average molecular weight is 420 g/mol. The van der Waals surface area contributed by atoms with Gasteiger partial charge in [0.15, 0.2) is 0 Å². The number of nitrogens with zero attached hydrogens (tertiary/aromatic N) is 1. The van der Waals surface area contributed by atoms with Crippen molar-refractivity contribution in [3.63, 3.8) is 0 Å². The van der Waals surface area contributed by atoms with Crippen LogP contribution in [-0.4, -0.2) is 24.1 Å². The Morgan fingerprint density at radius 1 is 1.07 bits per heavy atom. The number of methoxy groups -OCH3 is 1. The molecule has 3 aromatic carbocycles. The molecule has 1 heterocycles. The molecule has 4 rings (SSSR count). The van der Waals surface area contributed by atoms with Crippen LogP contribution in [-0.2, 0) is 4.79 Å². The monoisotopic (exact) mass is 419 g/mol. The Bertz CT molecular complexity index is 1180. The molecule has 0 saturated heterocycles. The normalized spacial score (nSPS) is 14.2. The molecule has 0 fully saturated rings. The minimum Gasteiger partial charge on any atom is -0.496 e. The van der Waals surface area contributed by atoms with E-state index in [0.29, 0.717) is 33.3 Å². The molecule has 0 bridgehead atoms. The number of carbonyl (C=O) groups is 2. The number of carboxylic acid groups (broad SMARTS) is 1. The lowest BCUT2D eigenvalue weighted by atomic mass is 10.0. The molecule has 1 N–H and O–H groups in total. The molecule has 5 nitrogen and oxygen atoms in total. The van der Waals surface area contributed by atoms with Crippen LogP contribution in [0.25, 0.3) is 11.6 Å². The molecule has 150 valence electrons. The van der Waals surface area contributed by atoms with Gasteiger partial charge in [0.1, 0.15) is 5.75 Å². The molecule has 1 aliphatic rings. The second-order valence-electron chi connectivity index (χ2n) is 6.88. The zero-order chi connectivity index (χ0) is 21.4. The van der Waals surface area contributed by atoms with E-state index in [9.17, 15) is 9.59 Å². The van der Waals surface area contributed by atoms with Crippen LogP contribution in [0.3, 0.4) is 0 Å². The zero-order valence-electron chi connectivity index (χ0n) is 16.3. The number of ether oxygens (including phenoxy) is 1. The van der Waals surface area contributed by atoms with E-state index in [1.54, 1.807) is 42.4 Å². The van der Waals surface area contributed by atoms with Crippen LogP contribution < -0.4 is 9.64 Å². The van der Waals surface area contributed by atoms with Crippen molar-refractivity contribution in [2.24, 2.45) is 0 Å². The van der Waals surface area contributed by atoms with Crippen LogP contribution in [0.2, 0.25) is 5.02 Å². The van der Waals surface area contributed by atoms with Crippen LogP contribution in [0, 0.1) is 6.92 Å². The summed E-state index contributed by atoms with van der Waals surface area (Å²) >= 11 is 6.40. The van der Waals surface area contributed by atoms with E-state index in [1.807, 2.05) is 31.2 Å². The number of aromatic carboxylic acids is 1. The van der Waals surface area contributed by atoms with Gasteiger partial charge in [-0.2, -0.15) is 0 Å². The summed E-state index contributed by atoms with van der Waals surface area (Å²) in [5.41, 5.74) is 4.23. The molecule has 1 aliphatic heterocycles. The third kappa shape index (κ3) is 3.23. The first kappa shape index (κ1) is 19.7. The number of carboxylic acids is 1. The molecule has 30 heavy (non-hydrogen) atoms. The molecule has 0 radical (unpaired) electrons. The Morgan fingerprint density at radius 2 is 1.77 bits per heavy atom. The van der Waals surface area contributed by atoms with Crippen molar-refractivity contribution in [1.29, 1.82) is 0 Å². The first-order valence-electron chi connectivity index (χ1n) is 9.24. The maximum atomic E-state index is 13.5. The largest absolute Gasteiger partial charge is 0.496 e. The number of halogens is 1. The molecule has 1 amide bonds. The van der Waals surface area contributed by atoms with Crippen LogP contribution in [0.5, 0.6) is 5.75 Å². The van der Waals surface area contributed by atoms with Gasteiger partial charge in [-0.1, -0.05) is 29.8 Å². The Balaban J connectivity index is 1.92. The second-order valence-corrected chi connectivity index (χ2v) is 7.28. The maximum absolute atomic E-state index is 13.5. The molecule has 0 aromatic heterocycles. The maximum Gasteiger partial charge on any atom is 0.335 e. The fraction of sp³-hybridized carbons (Fsp3) is 0.0833. The summed E-state index contributed by atoms with van der Waals surface area (Å²) in [7, 11) is 1.56. The Morgan fingerprint density at radius 3 is 2.40 bits per heavy atom.